The molecule has 0 N–H and O–H groups in total. The predicted molar refractivity (Wildman–Crippen MR) is 58.4 cm³/mol. The van der Waals surface area contributed by atoms with Gasteiger partial charge in [-0.3, -0.25) is 0 Å². The molecule has 0 heterocycles. The molecule has 0 fully saturated rings. The molecule has 0 amide bonds. The average molecular weight is 264 g/mol. The van der Waals surface area contributed by atoms with Crippen molar-refractivity contribution in [1.82, 2.24) is 0 Å². The standard InChI is InChI=1S/C11H8F4OS/c12-10-7-9(16-11(13,14)15)5-4-8(10)3-1-2-6-17/h4-5,7,17H,2,6H2. The Balaban J connectivity index is 2.84. The van der Waals surface area contributed by atoms with Gasteiger partial charge in [-0.05, 0) is 12.1 Å². The second-order valence-electron chi connectivity index (χ2n) is 2.96. The highest BCUT2D eigenvalue weighted by molar-refractivity contribution is 7.80. The van der Waals surface area contributed by atoms with Crippen LogP contribution in [0.1, 0.15) is 12.0 Å². The third kappa shape index (κ3) is 5.00. The first-order chi connectivity index (χ1) is 7.92. The molecule has 0 radical (unpaired) electrons. The molecule has 0 aliphatic rings. The van der Waals surface area contributed by atoms with Crippen molar-refractivity contribution in [3.05, 3.63) is 29.6 Å². The minimum atomic E-state index is -4.83. The lowest BCUT2D eigenvalue weighted by atomic mass is 10.2. The van der Waals surface area contributed by atoms with Crippen molar-refractivity contribution in [2.24, 2.45) is 0 Å². The van der Waals surface area contributed by atoms with Gasteiger partial charge >= 0.3 is 6.36 Å². The number of hydrogen-bond donors (Lipinski definition) is 1. The first-order valence-corrected chi connectivity index (χ1v) is 5.20. The van der Waals surface area contributed by atoms with Crippen molar-refractivity contribution in [2.75, 3.05) is 5.75 Å². The Bertz CT molecular complexity index is 445. The fraction of sp³-hybridized carbons (Fsp3) is 0.273. The molecular weight excluding hydrogens is 256 g/mol. The average Bonchev–Trinajstić information content (AvgIpc) is 2.19. The maximum atomic E-state index is 13.3. The number of ether oxygens (including phenoxy) is 1. The van der Waals surface area contributed by atoms with E-state index in [1.807, 2.05) is 0 Å². The summed E-state index contributed by atoms with van der Waals surface area (Å²) in [6.45, 7) is 0. The van der Waals surface area contributed by atoms with E-state index in [9.17, 15) is 17.6 Å². The summed E-state index contributed by atoms with van der Waals surface area (Å²) in [5.41, 5.74) is 0.0290. The van der Waals surface area contributed by atoms with Gasteiger partial charge in [0.25, 0.3) is 0 Å². The highest BCUT2D eigenvalue weighted by Crippen LogP contribution is 2.24. The van der Waals surface area contributed by atoms with E-state index in [1.165, 1.54) is 0 Å². The Morgan fingerprint density at radius 3 is 2.53 bits per heavy atom. The van der Waals surface area contributed by atoms with Gasteiger partial charge in [0.05, 0.1) is 5.56 Å². The lowest BCUT2D eigenvalue weighted by Gasteiger charge is -2.08. The highest BCUT2D eigenvalue weighted by atomic mass is 32.1. The van der Waals surface area contributed by atoms with E-state index in [0.29, 0.717) is 18.2 Å². The van der Waals surface area contributed by atoms with Gasteiger partial charge in [0.15, 0.2) is 0 Å². The van der Waals surface area contributed by atoms with Gasteiger partial charge in [-0.1, -0.05) is 11.8 Å². The summed E-state index contributed by atoms with van der Waals surface area (Å²) in [7, 11) is 0. The molecule has 6 heteroatoms. The number of halogens is 4. The third-order valence-corrected chi connectivity index (χ3v) is 1.86. The van der Waals surface area contributed by atoms with Gasteiger partial charge in [0.2, 0.25) is 0 Å². The summed E-state index contributed by atoms with van der Waals surface area (Å²) >= 11 is 3.91. The Morgan fingerprint density at radius 1 is 1.29 bits per heavy atom. The van der Waals surface area contributed by atoms with Crippen molar-refractivity contribution in [1.29, 1.82) is 0 Å². The van der Waals surface area contributed by atoms with Crippen LogP contribution in [0.2, 0.25) is 0 Å². The Morgan fingerprint density at radius 2 is 2.00 bits per heavy atom. The van der Waals surface area contributed by atoms with Crippen molar-refractivity contribution >= 4 is 12.6 Å². The van der Waals surface area contributed by atoms with Gasteiger partial charge in [-0.2, -0.15) is 12.6 Å². The minimum Gasteiger partial charge on any atom is -0.406 e. The van der Waals surface area contributed by atoms with Crippen LogP contribution in [0.4, 0.5) is 17.6 Å². The summed E-state index contributed by atoms with van der Waals surface area (Å²) < 4.78 is 52.4. The molecule has 1 rings (SSSR count). The molecule has 0 aliphatic carbocycles. The van der Waals surface area contributed by atoms with Crippen LogP contribution in [0.3, 0.4) is 0 Å². The van der Waals surface area contributed by atoms with E-state index in [4.69, 9.17) is 0 Å². The van der Waals surface area contributed by atoms with Crippen LogP contribution < -0.4 is 4.74 Å². The summed E-state index contributed by atoms with van der Waals surface area (Å²) in [5.74, 6) is 4.20. The number of thiol groups is 1. The fourth-order valence-corrected chi connectivity index (χ4v) is 1.12. The first-order valence-electron chi connectivity index (χ1n) is 4.57. The molecule has 17 heavy (non-hydrogen) atoms. The Kier molecular flexibility index (Phi) is 4.70. The van der Waals surface area contributed by atoms with Gasteiger partial charge in [-0.25, -0.2) is 4.39 Å². The van der Waals surface area contributed by atoms with E-state index in [2.05, 4.69) is 29.2 Å². The van der Waals surface area contributed by atoms with Crippen LogP contribution in [0.5, 0.6) is 5.75 Å². The summed E-state index contributed by atoms with van der Waals surface area (Å²) in [6.07, 6.45) is -4.35. The lowest BCUT2D eigenvalue weighted by Crippen LogP contribution is -2.17. The molecule has 0 saturated heterocycles. The molecule has 1 aromatic carbocycles. The van der Waals surface area contributed by atoms with Crippen molar-refractivity contribution < 1.29 is 22.3 Å². The largest absolute Gasteiger partial charge is 0.573 e. The van der Waals surface area contributed by atoms with Crippen LogP contribution in [0.25, 0.3) is 0 Å². The molecular formula is C11H8F4OS. The van der Waals surface area contributed by atoms with Crippen molar-refractivity contribution in [3.63, 3.8) is 0 Å². The number of hydrogen-bond acceptors (Lipinski definition) is 2. The molecule has 0 atom stereocenters. The number of alkyl halides is 3. The molecule has 1 aromatic rings. The summed E-state index contributed by atoms with van der Waals surface area (Å²) in [6, 6.07) is 2.81. The van der Waals surface area contributed by atoms with Crippen LogP contribution >= 0.6 is 12.6 Å². The maximum absolute atomic E-state index is 13.3. The van der Waals surface area contributed by atoms with Crippen LogP contribution in [0, 0.1) is 17.7 Å². The third-order valence-electron chi connectivity index (χ3n) is 1.63. The second kappa shape index (κ2) is 5.82. The minimum absolute atomic E-state index is 0.0290. The van der Waals surface area contributed by atoms with Gasteiger partial charge < -0.3 is 4.74 Å². The molecule has 0 aliphatic heterocycles. The molecule has 1 nitrogen and oxygen atoms in total. The Hall–Kier alpha value is -1.35. The SMILES string of the molecule is Fc1cc(OC(F)(F)F)ccc1C#CCCS. The number of rotatable bonds is 2. The van der Waals surface area contributed by atoms with Crippen molar-refractivity contribution in [2.45, 2.75) is 12.8 Å². The van der Waals surface area contributed by atoms with Crippen LogP contribution in [0.15, 0.2) is 18.2 Å². The van der Waals surface area contributed by atoms with E-state index in [-0.39, 0.29) is 5.56 Å². The zero-order valence-electron chi connectivity index (χ0n) is 8.51. The number of benzene rings is 1. The van der Waals surface area contributed by atoms with E-state index in [1.54, 1.807) is 0 Å². The van der Waals surface area contributed by atoms with Crippen LogP contribution in [-0.4, -0.2) is 12.1 Å². The summed E-state index contributed by atoms with van der Waals surface area (Å²) in [4.78, 5) is 0. The van der Waals surface area contributed by atoms with E-state index >= 15 is 0 Å². The molecule has 92 valence electrons. The predicted octanol–water partition coefficient (Wildman–Crippen LogP) is 3.40. The fourth-order valence-electron chi connectivity index (χ4n) is 1.01. The maximum Gasteiger partial charge on any atom is 0.573 e. The molecule has 0 aromatic heterocycles. The zero-order valence-corrected chi connectivity index (χ0v) is 9.41. The second-order valence-corrected chi connectivity index (χ2v) is 3.41. The van der Waals surface area contributed by atoms with E-state index < -0.39 is 17.9 Å². The molecule has 0 saturated carbocycles. The smallest absolute Gasteiger partial charge is 0.406 e. The zero-order chi connectivity index (χ0) is 12.9. The highest BCUT2D eigenvalue weighted by Gasteiger charge is 2.31. The van der Waals surface area contributed by atoms with E-state index in [0.717, 1.165) is 12.1 Å². The van der Waals surface area contributed by atoms with Crippen molar-refractivity contribution in [3.8, 4) is 17.6 Å². The van der Waals surface area contributed by atoms with Crippen LogP contribution in [-0.2, 0) is 0 Å². The normalized spacial score (nSPS) is 10.6. The quantitative estimate of drug-likeness (QED) is 0.489. The lowest BCUT2D eigenvalue weighted by molar-refractivity contribution is -0.274. The Labute approximate surface area is 101 Å². The van der Waals surface area contributed by atoms with Gasteiger partial charge in [0, 0.05) is 18.2 Å². The monoisotopic (exact) mass is 264 g/mol. The molecule has 0 bridgehead atoms. The van der Waals surface area contributed by atoms with Gasteiger partial charge in [-0.15, -0.1) is 13.2 Å². The topological polar surface area (TPSA) is 9.23 Å². The summed E-state index contributed by atoms with van der Waals surface area (Å²) in [5, 5.41) is 0. The van der Waals surface area contributed by atoms with Gasteiger partial charge in [0.1, 0.15) is 11.6 Å². The first kappa shape index (κ1) is 13.7. The molecule has 0 spiro atoms. The molecule has 0 unspecified atom stereocenters.